The Bertz CT molecular complexity index is 977. The molecule has 0 fully saturated rings. The van der Waals surface area contributed by atoms with Gasteiger partial charge in [-0.05, 0) is 36.8 Å². The molecule has 0 radical (unpaired) electrons. The molecule has 3 aromatic rings. The van der Waals surface area contributed by atoms with Crippen molar-refractivity contribution in [1.29, 1.82) is 0 Å². The van der Waals surface area contributed by atoms with Gasteiger partial charge >= 0.3 is 0 Å². The van der Waals surface area contributed by atoms with E-state index in [1.54, 1.807) is 18.0 Å². The quantitative estimate of drug-likeness (QED) is 0.757. The van der Waals surface area contributed by atoms with Crippen LogP contribution in [0.2, 0.25) is 0 Å². The van der Waals surface area contributed by atoms with Crippen LogP contribution in [0, 0.1) is 6.92 Å². The van der Waals surface area contributed by atoms with Gasteiger partial charge in [0.15, 0.2) is 0 Å². The molecule has 1 aliphatic heterocycles. The molecule has 1 aliphatic rings. The molecule has 138 valence electrons. The fourth-order valence-electron chi connectivity index (χ4n) is 3.21. The first-order valence-corrected chi connectivity index (χ1v) is 8.82. The molecular formula is C21H21N3O3. The predicted molar refractivity (Wildman–Crippen MR) is 102 cm³/mol. The lowest BCUT2D eigenvalue weighted by molar-refractivity contribution is -0.122. The van der Waals surface area contributed by atoms with Gasteiger partial charge in [-0.3, -0.25) is 9.48 Å². The number of aromatic nitrogens is 2. The highest BCUT2D eigenvalue weighted by Crippen LogP contribution is 2.37. The van der Waals surface area contributed by atoms with E-state index in [9.17, 15) is 4.79 Å². The second-order valence-corrected chi connectivity index (χ2v) is 6.59. The minimum atomic E-state index is -0.0857. The Balaban J connectivity index is 1.47. The summed E-state index contributed by atoms with van der Waals surface area (Å²) in [4.78, 5) is 12.4. The maximum atomic E-state index is 12.4. The third-order valence-electron chi connectivity index (χ3n) is 4.63. The van der Waals surface area contributed by atoms with Crippen LogP contribution >= 0.6 is 0 Å². The van der Waals surface area contributed by atoms with Gasteiger partial charge in [0.05, 0.1) is 19.0 Å². The first kappa shape index (κ1) is 17.1. The smallest absolute Gasteiger partial charge is 0.242 e. The Kier molecular flexibility index (Phi) is 4.54. The third-order valence-corrected chi connectivity index (χ3v) is 4.63. The second-order valence-electron chi connectivity index (χ2n) is 6.59. The zero-order valence-corrected chi connectivity index (χ0v) is 15.4. The van der Waals surface area contributed by atoms with Crippen LogP contribution in [0.4, 0.5) is 0 Å². The third kappa shape index (κ3) is 3.51. The van der Waals surface area contributed by atoms with Gasteiger partial charge in [-0.15, -0.1) is 0 Å². The molecule has 0 saturated heterocycles. The van der Waals surface area contributed by atoms with Crippen molar-refractivity contribution in [2.45, 2.75) is 26.6 Å². The highest BCUT2D eigenvalue weighted by Gasteiger charge is 2.23. The summed E-state index contributed by atoms with van der Waals surface area (Å²) in [7, 11) is 1.63. The van der Waals surface area contributed by atoms with E-state index in [1.807, 2.05) is 43.3 Å². The van der Waals surface area contributed by atoms with E-state index in [0.29, 0.717) is 13.2 Å². The summed E-state index contributed by atoms with van der Waals surface area (Å²) in [5.74, 6) is 1.54. The molecule has 0 spiro atoms. The normalized spacial score (nSPS) is 11.9. The Labute approximate surface area is 157 Å². The zero-order valence-electron chi connectivity index (χ0n) is 15.4. The lowest BCUT2D eigenvalue weighted by Crippen LogP contribution is -2.28. The van der Waals surface area contributed by atoms with E-state index in [0.717, 1.165) is 39.4 Å². The van der Waals surface area contributed by atoms with Crippen LogP contribution in [0.3, 0.4) is 0 Å². The van der Waals surface area contributed by atoms with Crippen molar-refractivity contribution in [3.8, 4) is 22.8 Å². The number of carbonyl (C=O) groups is 1. The van der Waals surface area contributed by atoms with E-state index >= 15 is 0 Å². The number of fused-ring (bicyclic) bond motifs is 3. The number of aryl methyl sites for hydroxylation is 1. The Morgan fingerprint density at radius 1 is 1.26 bits per heavy atom. The number of methoxy groups -OCH3 is 1. The van der Waals surface area contributed by atoms with Gasteiger partial charge in [-0.25, -0.2) is 0 Å². The summed E-state index contributed by atoms with van der Waals surface area (Å²) in [6.07, 6.45) is 1.78. The molecule has 0 atom stereocenters. The lowest BCUT2D eigenvalue weighted by Gasteiger charge is -2.19. The van der Waals surface area contributed by atoms with Gasteiger partial charge in [0.2, 0.25) is 5.91 Å². The number of ether oxygens (including phenoxy) is 2. The largest absolute Gasteiger partial charge is 0.497 e. The van der Waals surface area contributed by atoms with Crippen LogP contribution in [-0.2, 0) is 24.5 Å². The van der Waals surface area contributed by atoms with E-state index in [4.69, 9.17) is 9.47 Å². The van der Waals surface area contributed by atoms with Gasteiger partial charge in [0.1, 0.15) is 24.7 Å². The fourth-order valence-corrected chi connectivity index (χ4v) is 3.21. The molecule has 4 rings (SSSR count). The minimum Gasteiger partial charge on any atom is -0.497 e. The molecule has 2 heterocycles. The van der Waals surface area contributed by atoms with Crippen LogP contribution in [0.15, 0.2) is 48.7 Å². The van der Waals surface area contributed by atoms with Crippen molar-refractivity contribution in [2.24, 2.45) is 0 Å². The number of carbonyl (C=O) groups excluding carboxylic acids is 1. The number of nitrogens with zero attached hydrogens (tertiary/aromatic N) is 2. The van der Waals surface area contributed by atoms with Crippen LogP contribution in [0.5, 0.6) is 11.5 Å². The first-order chi connectivity index (χ1) is 13.1. The van der Waals surface area contributed by atoms with Crippen LogP contribution in [0.25, 0.3) is 11.3 Å². The van der Waals surface area contributed by atoms with Crippen molar-refractivity contribution in [2.75, 3.05) is 7.11 Å². The maximum absolute atomic E-state index is 12.4. The van der Waals surface area contributed by atoms with Gasteiger partial charge < -0.3 is 14.8 Å². The van der Waals surface area contributed by atoms with Gasteiger partial charge in [-0.1, -0.05) is 23.8 Å². The summed E-state index contributed by atoms with van der Waals surface area (Å²) in [6, 6.07) is 13.7. The predicted octanol–water partition coefficient (Wildman–Crippen LogP) is 3.08. The molecule has 0 unspecified atom stereocenters. The standard InChI is InChI=1S/C21H21N3O3/c1-14-3-8-19-18(9-14)21-16(13-27-19)11-23-24(21)12-20(25)22-10-15-4-6-17(26-2)7-5-15/h3-9,11H,10,12-13H2,1-2H3,(H,22,25). The molecule has 1 amide bonds. The van der Waals surface area contributed by atoms with Gasteiger partial charge in [-0.2, -0.15) is 5.10 Å². The summed E-state index contributed by atoms with van der Waals surface area (Å²) >= 11 is 0. The van der Waals surface area contributed by atoms with Crippen LogP contribution in [0.1, 0.15) is 16.7 Å². The monoisotopic (exact) mass is 363 g/mol. The number of rotatable bonds is 5. The van der Waals surface area contributed by atoms with E-state index in [2.05, 4.69) is 16.5 Å². The average Bonchev–Trinajstić information content (AvgIpc) is 3.10. The van der Waals surface area contributed by atoms with Crippen molar-refractivity contribution >= 4 is 5.91 Å². The Morgan fingerprint density at radius 2 is 2.07 bits per heavy atom. The topological polar surface area (TPSA) is 65.4 Å². The number of benzene rings is 2. The van der Waals surface area contributed by atoms with E-state index in [-0.39, 0.29) is 12.5 Å². The van der Waals surface area contributed by atoms with E-state index in [1.165, 1.54) is 0 Å². The molecule has 0 saturated carbocycles. The Morgan fingerprint density at radius 3 is 2.85 bits per heavy atom. The lowest BCUT2D eigenvalue weighted by atomic mass is 10.0. The van der Waals surface area contributed by atoms with Crippen LogP contribution in [-0.4, -0.2) is 22.8 Å². The molecular weight excluding hydrogens is 342 g/mol. The summed E-state index contributed by atoms with van der Waals surface area (Å²) in [5.41, 5.74) is 5.09. The molecule has 6 heteroatoms. The van der Waals surface area contributed by atoms with Gasteiger partial charge in [0, 0.05) is 17.7 Å². The highest BCUT2D eigenvalue weighted by molar-refractivity contribution is 5.78. The molecule has 6 nitrogen and oxygen atoms in total. The maximum Gasteiger partial charge on any atom is 0.242 e. The SMILES string of the molecule is COc1ccc(CNC(=O)Cn2ncc3c2-c2cc(C)ccc2OC3)cc1. The fraction of sp³-hybridized carbons (Fsp3) is 0.238. The van der Waals surface area contributed by atoms with Crippen molar-refractivity contribution in [3.63, 3.8) is 0 Å². The number of nitrogens with one attached hydrogen (secondary N) is 1. The second kappa shape index (κ2) is 7.15. The van der Waals surface area contributed by atoms with Crippen LogP contribution < -0.4 is 14.8 Å². The molecule has 2 aromatic carbocycles. The molecule has 27 heavy (non-hydrogen) atoms. The van der Waals surface area contributed by atoms with Gasteiger partial charge in [0.25, 0.3) is 0 Å². The van der Waals surface area contributed by atoms with Crippen molar-refractivity contribution < 1.29 is 14.3 Å². The summed E-state index contributed by atoms with van der Waals surface area (Å²) < 4.78 is 12.7. The number of hydrogen-bond donors (Lipinski definition) is 1. The van der Waals surface area contributed by atoms with Crippen molar-refractivity contribution in [3.05, 3.63) is 65.4 Å². The van der Waals surface area contributed by atoms with E-state index < -0.39 is 0 Å². The molecule has 1 N–H and O–H groups in total. The first-order valence-electron chi connectivity index (χ1n) is 8.82. The summed E-state index contributed by atoms with van der Waals surface area (Å²) in [5, 5.41) is 7.35. The Hall–Kier alpha value is -3.28. The highest BCUT2D eigenvalue weighted by atomic mass is 16.5. The molecule has 0 aliphatic carbocycles. The minimum absolute atomic E-state index is 0.0857. The zero-order chi connectivity index (χ0) is 18.8. The number of hydrogen-bond acceptors (Lipinski definition) is 4. The average molecular weight is 363 g/mol. The molecule has 0 bridgehead atoms. The van der Waals surface area contributed by atoms with Crippen molar-refractivity contribution in [1.82, 2.24) is 15.1 Å². The number of amides is 1. The molecule has 1 aromatic heterocycles. The summed E-state index contributed by atoms with van der Waals surface area (Å²) in [6.45, 7) is 3.14.